The Morgan fingerprint density at radius 1 is 0.156 bits per heavy atom. The molecule has 4 aliphatic rings. The lowest BCUT2D eigenvalue weighted by molar-refractivity contribution is 0.969. The number of hydrogen-bond donors (Lipinski definition) is 0. The van der Waals surface area contributed by atoms with Gasteiger partial charge in [0.25, 0.3) is 0 Å². The number of para-hydroxylation sites is 4. The molecule has 0 N–H and O–H groups in total. The van der Waals surface area contributed by atoms with Crippen LogP contribution in [-0.2, 0) is 0 Å². The quantitative estimate of drug-likeness (QED) is 0.176. The van der Waals surface area contributed by atoms with Crippen LogP contribution in [0.15, 0.2) is 413 Å². The summed E-state index contributed by atoms with van der Waals surface area (Å²) in [5, 5.41) is 25.8. The minimum absolute atomic E-state index is 0.892. The fraction of sp³-hybridized carbons (Fsp3) is 0.0667. The summed E-state index contributed by atoms with van der Waals surface area (Å²) >= 11 is 0. The number of rotatable bonds is 4. The van der Waals surface area contributed by atoms with Crippen LogP contribution in [0.3, 0.4) is 0 Å². The molecule has 4 aliphatic heterocycles. The van der Waals surface area contributed by atoms with Crippen molar-refractivity contribution in [3.05, 3.63) is 413 Å². The van der Waals surface area contributed by atoms with Crippen molar-refractivity contribution in [1.82, 2.24) is 18.3 Å². The highest BCUT2D eigenvalue weighted by Crippen LogP contribution is 2.55. The van der Waals surface area contributed by atoms with Crippen LogP contribution >= 0.6 is 0 Å². The molecule has 608 valence electrons. The van der Waals surface area contributed by atoms with E-state index in [1.165, 1.54) is 243 Å². The lowest BCUT2D eigenvalue weighted by Crippen LogP contribution is -2.18. The maximum absolute atomic E-state index is 2.49. The Balaban J connectivity index is 0.0000000926. The Morgan fingerprint density at radius 2 is 0.430 bits per heavy atom. The van der Waals surface area contributed by atoms with Gasteiger partial charge < -0.3 is 19.6 Å². The summed E-state index contributed by atoms with van der Waals surface area (Å²) in [5.74, 6) is 4.89. The van der Waals surface area contributed by atoms with Gasteiger partial charge in [0.05, 0.1) is 67.6 Å². The van der Waals surface area contributed by atoms with E-state index in [2.05, 4.69) is 478 Å². The van der Waals surface area contributed by atoms with E-state index in [9.17, 15) is 0 Å². The molecule has 0 saturated carbocycles. The van der Waals surface area contributed by atoms with Gasteiger partial charge in [0.1, 0.15) is 23.3 Å². The first-order chi connectivity index (χ1) is 63.4. The third kappa shape index (κ3) is 11.4. The van der Waals surface area contributed by atoms with Gasteiger partial charge in [-0.1, -0.05) is 309 Å². The van der Waals surface area contributed by atoms with Crippen molar-refractivity contribution in [2.45, 2.75) is 27.7 Å². The molecule has 0 spiro atoms. The molecular weight excluding hydrogens is 1550 g/mol. The Morgan fingerprint density at radius 3 is 0.867 bits per heavy atom. The second-order valence-corrected chi connectivity index (χ2v) is 34.1. The third-order valence-corrected chi connectivity index (χ3v) is 27.5. The zero-order valence-electron chi connectivity index (χ0n) is 71.7. The number of aromatic nitrogens is 4. The molecule has 0 bridgehead atoms. The fourth-order valence-corrected chi connectivity index (χ4v) is 21.8. The third-order valence-electron chi connectivity index (χ3n) is 27.5. The molecular formula is C120H88N8. The summed E-state index contributed by atoms with van der Waals surface area (Å²) in [5.41, 5.74) is 25.3. The Hall–Kier alpha value is -16.2. The lowest BCUT2D eigenvalue weighted by atomic mass is 9.94. The number of fused-ring (bicyclic) bond motifs is 42. The molecule has 8 heterocycles. The van der Waals surface area contributed by atoms with Crippen molar-refractivity contribution in [3.63, 3.8) is 0 Å². The van der Waals surface area contributed by atoms with E-state index in [1.807, 2.05) is 0 Å². The molecule has 8 heteroatoms. The highest BCUT2D eigenvalue weighted by Gasteiger charge is 2.34. The van der Waals surface area contributed by atoms with Crippen molar-refractivity contribution in [2.75, 3.05) is 45.8 Å². The highest BCUT2D eigenvalue weighted by molar-refractivity contribution is 6.18. The molecule has 28 rings (SSSR count). The van der Waals surface area contributed by atoms with Gasteiger partial charge in [-0.15, -0.1) is 0 Å². The van der Waals surface area contributed by atoms with Crippen LogP contribution in [0.2, 0.25) is 0 Å². The fourth-order valence-electron chi connectivity index (χ4n) is 21.8. The molecule has 4 aromatic heterocycles. The molecule has 20 aromatic carbocycles. The molecule has 0 radical (unpaired) electrons. The lowest BCUT2D eigenvalue weighted by Gasteiger charge is -2.25. The van der Waals surface area contributed by atoms with Gasteiger partial charge in [-0.25, -0.2) is 0 Å². The SMILES string of the molecule is CCN1c2c(ccc3ccccc23)-c2ccccc2-n2c1cc1c3ccccc3ccc12.CCN1c2cc3ccccc3cc2-c2ccccc2-n2c1cc1c3ccccc3ccc12.CCN1c2ccc3ccccc3c2-c2ccccc2-n2c1cc1c3ccccc3ccc12.CCN1c2ccccc2-c2cc3ccccc3cc2-n2c1cc1c3ccccc3ccc12. The standard InChI is InChI=1S/4C30H22N2/c1-2-31-29-19-26-22-11-5-3-9-20(22)16-18-28(26)32(29)27-14-8-7-13-24(27)25-17-15-21-10-4-6-12-23(21)30(25)31;1-2-31-28-18-16-21-10-4-6-12-23(21)30(28)24-13-7-8-14-26(24)32-27-17-15-20-9-3-5-11-22(20)25(27)19-29(31)32;1-2-31-29-18-22-11-4-3-10-21(22)17-25(29)24-13-7-8-14-27(24)32-28-16-15-20-9-5-6-12-23(20)26(28)19-30(31)32;1-2-31-27-14-8-7-13-24(27)25-17-21-10-3-4-11-22(21)18-29(25)32-28-16-15-20-9-5-6-12-23(20)26(28)19-30(31)32/h4*3-19H,2H2,1H3. The Bertz CT molecular complexity index is 8580. The van der Waals surface area contributed by atoms with Crippen LogP contribution in [0.1, 0.15) is 27.7 Å². The maximum atomic E-state index is 2.49. The van der Waals surface area contributed by atoms with E-state index >= 15 is 0 Å². The van der Waals surface area contributed by atoms with Crippen molar-refractivity contribution in [3.8, 4) is 67.3 Å². The van der Waals surface area contributed by atoms with Crippen LogP contribution in [0.25, 0.3) is 197 Å². The first-order valence-corrected chi connectivity index (χ1v) is 45.1. The second-order valence-electron chi connectivity index (χ2n) is 34.1. The Labute approximate surface area is 742 Å². The topological polar surface area (TPSA) is 32.7 Å². The molecule has 0 aliphatic carbocycles. The van der Waals surface area contributed by atoms with Crippen molar-refractivity contribution in [2.24, 2.45) is 0 Å². The number of benzene rings is 20. The Kier molecular flexibility index (Phi) is 17.3. The minimum Gasteiger partial charge on any atom is -0.327 e. The molecule has 0 saturated heterocycles. The summed E-state index contributed by atoms with van der Waals surface area (Å²) in [6, 6.07) is 151. The monoisotopic (exact) mass is 1640 g/mol. The average Bonchev–Trinajstić information content (AvgIpc) is 1.58. The summed E-state index contributed by atoms with van der Waals surface area (Å²) in [6.07, 6.45) is 0. The predicted molar refractivity (Wildman–Crippen MR) is 546 cm³/mol. The van der Waals surface area contributed by atoms with Crippen molar-refractivity contribution >= 4 is 176 Å². The maximum Gasteiger partial charge on any atom is 0.118 e. The van der Waals surface area contributed by atoms with E-state index in [0.717, 1.165) is 26.2 Å². The summed E-state index contributed by atoms with van der Waals surface area (Å²) < 4.78 is 9.82. The van der Waals surface area contributed by atoms with E-state index in [-0.39, 0.29) is 0 Å². The molecule has 0 atom stereocenters. The van der Waals surface area contributed by atoms with Gasteiger partial charge >= 0.3 is 0 Å². The zero-order valence-corrected chi connectivity index (χ0v) is 71.7. The smallest absolute Gasteiger partial charge is 0.118 e. The first-order valence-electron chi connectivity index (χ1n) is 45.1. The largest absolute Gasteiger partial charge is 0.327 e. The van der Waals surface area contributed by atoms with E-state index in [4.69, 9.17) is 0 Å². The first kappa shape index (κ1) is 74.5. The van der Waals surface area contributed by atoms with E-state index in [0.29, 0.717) is 0 Å². The molecule has 24 aromatic rings. The molecule has 8 nitrogen and oxygen atoms in total. The van der Waals surface area contributed by atoms with E-state index < -0.39 is 0 Å². The average molecular weight is 1640 g/mol. The van der Waals surface area contributed by atoms with Crippen LogP contribution in [0.5, 0.6) is 0 Å². The molecule has 0 fully saturated rings. The highest BCUT2D eigenvalue weighted by atomic mass is 15.3. The van der Waals surface area contributed by atoms with Gasteiger partial charge in [-0.05, 0) is 212 Å². The van der Waals surface area contributed by atoms with Gasteiger partial charge in [-0.3, -0.25) is 18.3 Å². The molecule has 0 amide bonds. The number of nitrogens with zero attached hydrogens (tertiary/aromatic N) is 8. The second kappa shape index (κ2) is 29.8. The van der Waals surface area contributed by atoms with E-state index in [1.54, 1.807) is 0 Å². The predicted octanol–water partition coefficient (Wildman–Crippen LogP) is 32.3. The molecule has 0 unspecified atom stereocenters. The zero-order chi connectivity index (χ0) is 84.9. The van der Waals surface area contributed by atoms with Gasteiger partial charge in [0.2, 0.25) is 0 Å². The number of hydrogen-bond acceptors (Lipinski definition) is 4. The van der Waals surface area contributed by atoms with Crippen LogP contribution in [0.4, 0.5) is 46.0 Å². The normalized spacial score (nSPS) is 12.6. The van der Waals surface area contributed by atoms with Crippen LogP contribution in [-0.4, -0.2) is 44.4 Å². The van der Waals surface area contributed by atoms with Crippen molar-refractivity contribution < 1.29 is 0 Å². The van der Waals surface area contributed by atoms with Gasteiger partial charge in [0, 0.05) is 97.6 Å². The number of anilines is 8. The van der Waals surface area contributed by atoms with Crippen LogP contribution < -0.4 is 19.6 Å². The minimum atomic E-state index is 0.892. The van der Waals surface area contributed by atoms with Crippen molar-refractivity contribution in [1.29, 1.82) is 0 Å². The van der Waals surface area contributed by atoms with Crippen LogP contribution in [0, 0.1) is 0 Å². The van der Waals surface area contributed by atoms with Gasteiger partial charge in [-0.2, -0.15) is 0 Å². The van der Waals surface area contributed by atoms with Gasteiger partial charge in [0.15, 0.2) is 0 Å². The summed E-state index contributed by atoms with van der Waals surface area (Å²) in [4.78, 5) is 9.88. The summed E-state index contributed by atoms with van der Waals surface area (Å²) in [7, 11) is 0. The molecule has 128 heavy (non-hydrogen) atoms. The summed E-state index contributed by atoms with van der Waals surface area (Å²) in [6.45, 7) is 12.6.